The number of nitrogens with zero attached hydrogens (tertiary/aromatic N) is 3. The maximum absolute atomic E-state index is 13.1. The molecule has 2 aromatic carbocycles. The molecule has 0 radical (unpaired) electrons. The Balaban J connectivity index is 2.01. The molecule has 0 amide bonds. The van der Waals surface area contributed by atoms with Crippen molar-refractivity contribution in [3.8, 4) is 0 Å². The van der Waals surface area contributed by atoms with Crippen LogP contribution in [0.2, 0.25) is 0 Å². The van der Waals surface area contributed by atoms with Crippen LogP contribution in [-0.2, 0) is 10.0 Å². The Morgan fingerprint density at radius 3 is 2.52 bits per heavy atom. The van der Waals surface area contributed by atoms with Gasteiger partial charge in [-0.05, 0) is 18.6 Å². The average Bonchev–Trinajstić information content (AvgIpc) is 3.12. The van der Waals surface area contributed by atoms with Gasteiger partial charge >= 0.3 is 0 Å². The molecule has 9 nitrogen and oxygen atoms in total. The number of nitro benzene ring substituents is 2. The SMILES string of the molecule is Cc1ccc(S(=O)(=O)N2CCSC2c2cccc([N+](=O)[O-])c2)cc1[N+](=O)[O-]. The monoisotopic (exact) mass is 409 g/mol. The minimum atomic E-state index is -4.00. The van der Waals surface area contributed by atoms with Gasteiger partial charge in [-0.2, -0.15) is 4.31 Å². The van der Waals surface area contributed by atoms with Crippen molar-refractivity contribution in [1.82, 2.24) is 4.31 Å². The van der Waals surface area contributed by atoms with Gasteiger partial charge in [-0.15, -0.1) is 11.8 Å². The summed E-state index contributed by atoms with van der Waals surface area (Å²) in [5.41, 5.74) is 0.472. The maximum atomic E-state index is 13.1. The summed E-state index contributed by atoms with van der Waals surface area (Å²) in [5, 5.41) is 21.5. The second-order valence-electron chi connectivity index (χ2n) is 5.90. The topological polar surface area (TPSA) is 124 Å². The molecule has 1 fully saturated rings. The van der Waals surface area contributed by atoms with E-state index >= 15 is 0 Å². The number of aryl methyl sites for hydroxylation is 1. The van der Waals surface area contributed by atoms with Gasteiger partial charge < -0.3 is 0 Å². The van der Waals surface area contributed by atoms with E-state index < -0.39 is 25.2 Å². The van der Waals surface area contributed by atoms with Crippen LogP contribution in [0.5, 0.6) is 0 Å². The van der Waals surface area contributed by atoms with Gasteiger partial charge in [0.15, 0.2) is 0 Å². The largest absolute Gasteiger partial charge is 0.273 e. The lowest BCUT2D eigenvalue weighted by Crippen LogP contribution is -2.30. The average molecular weight is 409 g/mol. The molecular weight excluding hydrogens is 394 g/mol. The van der Waals surface area contributed by atoms with E-state index in [4.69, 9.17) is 0 Å². The zero-order chi connectivity index (χ0) is 19.8. The Labute approximate surface area is 159 Å². The molecule has 1 aliphatic rings. The van der Waals surface area contributed by atoms with E-state index in [2.05, 4.69) is 0 Å². The van der Waals surface area contributed by atoms with E-state index in [1.54, 1.807) is 6.07 Å². The van der Waals surface area contributed by atoms with Gasteiger partial charge in [-0.25, -0.2) is 8.42 Å². The Kier molecular flexibility index (Phi) is 5.18. The smallest absolute Gasteiger partial charge is 0.258 e. The third-order valence-corrected chi connectivity index (χ3v) is 7.45. The Morgan fingerprint density at radius 1 is 1.11 bits per heavy atom. The summed E-state index contributed by atoms with van der Waals surface area (Å²) in [4.78, 5) is 20.8. The fraction of sp³-hybridized carbons (Fsp3) is 0.250. The number of nitro groups is 2. The molecular formula is C16H15N3O6S2. The third kappa shape index (κ3) is 3.66. The molecule has 2 aromatic rings. The van der Waals surface area contributed by atoms with Crippen molar-refractivity contribution in [1.29, 1.82) is 0 Å². The first-order valence-corrected chi connectivity index (χ1v) is 10.3. The molecule has 0 N–H and O–H groups in total. The van der Waals surface area contributed by atoms with E-state index in [0.29, 0.717) is 16.9 Å². The number of sulfonamides is 1. The summed E-state index contributed by atoms with van der Waals surface area (Å²) in [5.74, 6) is 0.514. The van der Waals surface area contributed by atoms with E-state index in [1.807, 2.05) is 0 Å². The van der Waals surface area contributed by atoms with Crippen LogP contribution >= 0.6 is 11.8 Å². The van der Waals surface area contributed by atoms with Crippen LogP contribution in [0.4, 0.5) is 11.4 Å². The number of thioether (sulfide) groups is 1. The van der Waals surface area contributed by atoms with E-state index in [1.165, 1.54) is 53.3 Å². The molecule has 1 saturated heterocycles. The molecule has 1 atom stereocenters. The molecule has 1 unspecified atom stereocenters. The summed E-state index contributed by atoms with van der Waals surface area (Å²) in [6, 6.07) is 9.62. The molecule has 0 saturated carbocycles. The first kappa shape index (κ1) is 19.3. The molecule has 27 heavy (non-hydrogen) atoms. The molecule has 142 valence electrons. The predicted octanol–water partition coefficient (Wildman–Crippen LogP) is 3.25. The van der Waals surface area contributed by atoms with E-state index in [9.17, 15) is 28.6 Å². The van der Waals surface area contributed by atoms with Gasteiger partial charge in [0, 0.05) is 36.1 Å². The number of rotatable bonds is 5. The fourth-order valence-electron chi connectivity index (χ4n) is 2.84. The van der Waals surface area contributed by atoms with Crippen LogP contribution in [-0.4, -0.2) is 34.9 Å². The molecule has 1 heterocycles. The van der Waals surface area contributed by atoms with E-state index in [0.717, 1.165) is 6.07 Å². The van der Waals surface area contributed by atoms with Crippen molar-refractivity contribution >= 4 is 33.2 Å². The van der Waals surface area contributed by atoms with Crippen LogP contribution < -0.4 is 0 Å². The van der Waals surface area contributed by atoms with Crippen LogP contribution in [0.15, 0.2) is 47.4 Å². The Hall–Kier alpha value is -2.50. The first-order valence-electron chi connectivity index (χ1n) is 7.84. The van der Waals surface area contributed by atoms with Gasteiger partial charge in [0.2, 0.25) is 10.0 Å². The van der Waals surface area contributed by atoms with Crippen molar-refractivity contribution in [2.75, 3.05) is 12.3 Å². The van der Waals surface area contributed by atoms with Crippen molar-refractivity contribution < 1.29 is 18.3 Å². The zero-order valence-electron chi connectivity index (χ0n) is 14.1. The number of benzene rings is 2. The quantitative estimate of drug-likeness (QED) is 0.548. The predicted molar refractivity (Wildman–Crippen MR) is 100 cm³/mol. The maximum Gasteiger partial charge on any atom is 0.273 e. The highest BCUT2D eigenvalue weighted by molar-refractivity contribution is 8.01. The summed E-state index contributed by atoms with van der Waals surface area (Å²) in [6.45, 7) is 1.74. The zero-order valence-corrected chi connectivity index (χ0v) is 15.8. The lowest BCUT2D eigenvalue weighted by Gasteiger charge is -2.23. The van der Waals surface area contributed by atoms with Gasteiger partial charge in [-0.3, -0.25) is 20.2 Å². The summed E-state index contributed by atoms with van der Waals surface area (Å²) < 4.78 is 27.4. The third-order valence-electron chi connectivity index (χ3n) is 4.20. The summed E-state index contributed by atoms with van der Waals surface area (Å²) in [7, 11) is -4.00. The number of hydrogen-bond acceptors (Lipinski definition) is 7. The minimum absolute atomic E-state index is 0.122. The van der Waals surface area contributed by atoms with Crippen molar-refractivity contribution in [3.05, 3.63) is 73.8 Å². The fourth-order valence-corrected chi connectivity index (χ4v) is 6.09. The first-order chi connectivity index (χ1) is 12.7. The van der Waals surface area contributed by atoms with E-state index in [-0.39, 0.29) is 22.8 Å². The normalized spacial score (nSPS) is 17.7. The molecule has 3 rings (SSSR count). The molecule has 1 aliphatic heterocycles. The lowest BCUT2D eigenvalue weighted by molar-refractivity contribution is -0.385. The summed E-state index contributed by atoms with van der Waals surface area (Å²) in [6.07, 6.45) is 0. The second-order valence-corrected chi connectivity index (χ2v) is 8.98. The number of hydrogen-bond donors (Lipinski definition) is 0. The van der Waals surface area contributed by atoms with Gasteiger partial charge in [-0.1, -0.05) is 18.2 Å². The van der Waals surface area contributed by atoms with Gasteiger partial charge in [0.1, 0.15) is 0 Å². The standard InChI is InChI=1S/C16H15N3O6S2/c1-11-5-6-14(10-15(11)19(22)23)27(24,25)17-7-8-26-16(17)12-3-2-4-13(9-12)18(20)21/h2-6,9-10,16H,7-8H2,1H3. The molecule has 0 aliphatic carbocycles. The molecule has 0 spiro atoms. The van der Waals surface area contributed by atoms with Crippen LogP contribution in [0.1, 0.15) is 16.5 Å². The van der Waals surface area contributed by atoms with Crippen LogP contribution in [0, 0.1) is 27.2 Å². The van der Waals surface area contributed by atoms with Crippen LogP contribution in [0.3, 0.4) is 0 Å². The van der Waals surface area contributed by atoms with Gasteiger partial charge in [0.05, 0.1) is 20.1 Å². The van der Waals surface area contributed by atoms with Crippen LogP contribution in [0.25, 0.3) is 0 Å². The van der Waals surface area contributed by atoms with Crippen molar-refractivity contribution in [2.45, 2.75) is 17.2 Å². The second kappa shape index (κ2) is 7.25. The molecule has 0 aromatic heterocycles. The highest BCUT2D eigenvalue weighted by atomic mass is 32.2. The highest BCUT2D eigenvalue weighted by Gasteiger charge is 2.38. The van der Waals surface area contributed by atoms with Gasteiger partial charge in [0.25, 0.3) is 11.4 Å². The Morgan fingerprint density at radius 2 is 1.85 bits per heavy atom. The Bertz CT molecular complexity index is 1020. The van der Waals surface area contributed by atoms with Crippen molar-refractivity contribution in [3.63, 3.8) is 0 Å². The molecule has 11 heteroatoms. The molecule has 0 bridgehead atoms. The minimum Gasteiger partial charge on any atom is -0.258 e. The highest BCUT2D eigenvalue weighted by Crippen LogP contribution is 2.42. The number of non-ortho nitro benzene ring substituents is 1. The lowest BCUT2D eigenvalue weighted by atomic mass is 10.2. The summed E-state index contributed by atoms with van der Waals surface area (Å²) >= 11 is 1.35. The van der Waals surface area contributed by atoms with Crippen molar-refractivity contribution in [2.24, 2.45) is 0 Å².